The number of esters is 1. The third-order valence-corrected chi connectivity index (χ3v) is 2.37. The fourth-order valence-corrected chi connectivity index (χ4v) is 1.53. The van der Waals surface area contributed by atoms with Crippen LogP contribution in [0.3, 0.4) is 0 Å². The van der Waals surface area contributed by atoms with E-state index in [1.165, 1.54) is 6.07 Å². The van der Waals surface area contributed by atoms with Gasteiger partial charge >= 0.3 is 12.1 Å². The van der Waals surface area contributed by atoms with Gasteiger partial charge in [-0.1, -0.05) is 0 Å². The second-order valence-corrected chi connectivity index (χ2v) is 5.28. The number of nitrogens with one attached hydrogen (secondary N) is 1. The summed E-state index contributed by atoms with van der Waals surface area (Å²) >= 11 is 0. The van der Waals surface area contributed by atoms with Crippen LogP contribution in [-0.2, 0) is 14.3 Å². The fourth-order valence-electron chi connectivity index (χ4n) is 1.53. The van der Waals surface area contributed by atoms with Gasteiger partial charge in [-0.15, -0.1) is 0 Å². The first-order chi connectivity index (χ1) is 9.64. The van der Waals surface area contributed by atoms with E-state index in [0.29, 0.717) is 0 Å². The normalized spacial score (nSPS) is 12.5. The van der Waals surface area contributed by atoms with Crippen molar-refractivity contribution >= 4 is 17.7 Å². The molecule has 0 saturated heterocycles. The maximum atomic E-state index is 13.3. The molecule has 1 unspecified atom stereocenters. The Labute approximate surface area is 121 Å². The number of benzene rings is 1. The summed E-state index contributed by atoms with van der Waals surface area (Å²) < 4.78 is 22.7. The molecule has 1 aromatic carbocycles. The van der Waals surface area contributed by atoms with Crippen LogP contribution in [0.5, 0.6) is 0 Å². The first kappa shape index (κ1) is 16.9. The molecule has 0 radical (unpaired) electrons. The highest BCUT2D eigenvalue weighted by Crippen LogP contribution is 2.25. The molecule has 0 heterocycles. The molecule has 21 heavy (non-hydrogen) atoms. The number of carbonyl (C=O) groups is 2. The molecule has 0 saturated carbocycles. The van der Waals surface area contributed by atoms with Gasteiger partial charge in [-0.3, -0.25) is 5.32 Å². The quantitative estimate of drug-likeness (QED) is 0.837. The van der Waals surface area contributed by atoms with Crippen LogP contribution in [0, 0.1) is 5.82 Å². The van der Waals surface area contributed by atoms with Crippen molar-refractivity contribution in [2.45, 2.75) is 32.5 Å². The molecular weight excluding hydrogens is 281 g/mol. The second kappa shape index (κ2) is 6.53. The monoisotopic (exact) mass is 299 g/mol. The van der Waals surface area contributed by atoms with Crippen LogP contribution in [0.25, 0.3) is 0 Å². The highest BCUT2D eigenvalue weighted by atomic mass is 19.1. The summed E-state index contributed by atoms with van der Waals surface area (Å²) in [7, 11) is 1.09. The molecule has 2 N–H and O–H groups in total. The zero-order chi connectivity index (χ0) is 16.2. The van der Waals surface area contributed by atoms with E-state index >= 15 is 0 Å². The van der Waals surface area contributed by atoms with E-state index in [4.69, 9.17) is 4.74 Å². The molecule has 7 heteroatoms. The summed E-state index contributed by atoms with van der Waals surface area (Å²) in [6.45, 7) is 5.05. The topological polar surface area (TPSA) is 84.9 Å². The van der Waals surface area contributed by atoms with Crippen molar-refractivity contribution in [2.24, 2.45) is 0 Å². The standard InChI is InChI=1S/C14H18FNO5/c1-14(2,3)21-13(19)16-10-6-5-8(15)7-9(10)11(17)12(18)20-4/h5-7,11,17H,1-4H3,(H,16,19). The largest absolute Gasteiger partial charge is 0.467 e. The van der Waals surface area contributed by atoms with Gasteiger partial charge in [-0.25, -0.2) is 14.0 Å². The molecule has 0 fully saturated rings. The molecule has 0 aromatic heterocycles. The molecule has 0 aliphatic heterocycles. The van der Waals surface area contributed by atoms with E-state index in [0.717, 1.165) is 19.2 Å². The van der Waals surface area contributed by atoms with E-state index < -0.39 is 29.6 Å². The van der Waals surface area contributed by atoms with E-state index in [9.17, 15) is 19.1 Å². The number of rotatable bonds is 3. The van der Waals surface area contributed by atoms with Crippen LogP contribution in [0.2, 0.25) is 0 Å². The zero-order valence-electron chi connectivity index (χ0n) is 12.3. The van der Waals surface area contributed by atoms with Gasteiger partial charge in [0, 0.05) is 5.56 Å². The van der Waals surface area contributed by atoms with Crippen molar-refractivity contribution in [1.82, 2.24) is 0 Å². The highest BCUT2D eigenvalue weighted by Gasteiger charge is 2.24. The third kappa shape index (κ3) is 5.03. The number of aliphatic hydroxyl groups excluding tert-OH is 1. The van der Waals surface area contributed by atoms with E-state index in [1.807, 2.05) is 0 Å². The van der Waals surface area contributed by atoms with Crippen LogP contribution in [-0.4, -0.2) is 29.9 Å². The molecule has 116 valence electrons. The number of hydrogen-bond acceptors (Lipinski definition) is 5. The van der Waals surface area contributed by atoms with Crippen LogP contribution in [0.4, 0.5) is 14.9 Å². The van der Waals surface area contributed by atoms with E-state index in [2.05, 4.69) is 10.1 Å². The Morgan fingerprint density at radius 1 is 1.33 bits per heavy atom. The molecule has 1 amide bonds. The number of ether oxygens (including phenoxy) is 2. The minimum atomic E-state index is -1.71. The first-order valence-electron chi connectivity index (χ1n) is 6.19. The van der Waals surface area contributed by atoms with Gasteiger partial charge in [0.1, 0.15) is 11.4 Å². The minimum absolute atomic E-state index is 0.0588. The third-order valence-electron chi connectivity index (χ3n) is 2.37. The Morgan fingerprint density at radius 3 is 2.48 bits per heavy atom. The number of methoxy groups -OCH3 is 1. The van der Waals surface area contributed by atoms with Gasteiger partial charge in [0.05, 0.1) is 12.8 Å². The van der Waals surface area contributed by atoms with E-state index in [-0.39, 0.29) is 11.3 Å². The van der Waals surface area contributed by atoms with Gasteiger partial charge in [0.15, 0.2) is 6.10 Å². The molecule has 0 bridgehead atoms. The average molecular weight is 299 g/mol. The number of amides is 1. The summed E-state index contributed by atoms with van der Waals surface area (Å²) in [5.74, 6) is -1.63. The molecule has 1 rings (SSSR count). The molecule has 1 atom stereocenters. The van der Waals surface area contributed by atoms with Crippen molar-refractivity contribution in [1.29, 1.82) is 0 Å². The smallest absolute Gasteiger partial charge is 0.412 e. The van der Waals surface area contributed by atoms with Crippen molar-refractivity contribution in [3.05, 3.63) is 29.6 Å². The lowest BCUT2D eigenvalue weighted by Crippen LogP contribution is -2.28. The maximum absolute atomic E-state index is 13.3. The van der Waals surface area contributed by atoms with Crippen molar-refractivity contribution in [3.8, 4) is 0 Å². The van der Waals surface area contributed by atoms with Crippen LogP contribution in [0.1, 0.15) is 32.4 Å². The van der Waals surface area contributed by atoms with Crippen molar-refractivity contribution in [3.63, 3.8) is 0 Å². The Morgan fingerprint density at radius 2 is 1.95 bits per heavy atom. The number of hydrogen-bond donors (Lipinski definition) is 2. The SMILES string of the molecule is COC(=O)C(O)c1cc(F)ccc1NC(=O)OC(C)(C)C. The van der Waals surface area contributed by atoms with Gasteiger partial charge in [-0.2, -0.15) is 0 Å². The Hall–Kier alpha value is -2.15. The number of halogens is 1. The average Bonchev–Trinajstić information content (AvgIpc) is 2.36. The van der Waals surface area contributed by atoms with Crippen LogP contribution < -0.4 is 5.32 Å². The summed E-state index contributed by atoms with van der Waals surface area (Å²) in [4.78, 5) is 23.1. The first-order valence-corrected chi connectivity index (χ1v) is 6.19. The van der Waals surface area contributed by atoms with Crippen LogP contribution >= 0.6 is 0 Å². The van der Waals surface area contributed by atoms with Crippen molar-refractivity contribution < 1.29 is 28.6 Å². The lowest BCUT2D eigenvalue weighted by molar-refractivity contribution is -0.150. The lowest BCUT2D eigenvalue weighted by atomic mass is 10.1. The highest BCUT2D eigenvalue weighted by molar-refractivity contribution is 5.88. The molecule has 0 aliphatic rings. The van der Waals surface area contributed by atoms with Gasteiger partial charge in [0.25, 0.3) is 0 Å². The van der Waals surface area contributed by atoms with Gasteiger partial charge in [0.2, 0.25) is 0 Å². The Balaban J connectivity index is 3.02. The fraction of sp³-hybridized carbons (Fsp3) is 0.429. The van der Waals surface area contributed by atoms with Crippen LogP contribution in [0.15, 0.2) is 18.2 Å². The molecule has 1 aromatic rings. The maximum Gasteiger partial charge on any atom is 0.412 e. The summed E-state index contributed by atoms with van der Waals surface area (Å²) in [6, 6.07) is 3.25. The summed E-state index contributed by atoms with van der Waals surface area (Å²) in [5, 5.41) is 12.2. The molecule has 6 nitrogen and oxygen atoms in total. The minimum Gasteiger partial charge on any atom is -0.467 e. The lowest BCUT2D eigenvalue weighted by Gasteiger charge is -2.21. The van der Waals surface area contributed by atoms with Gasteiger partial charge < -0.3 is 14.6 Å². The predicted octanol–water partition coefficient (Wildman–Crippen LogP) is 2.38. The number of anilines is 1. The number of aliphatic hydroxyl groups is 1. The van der Waals surface area contributed by atoms with Gasteiger partial charge in [-0.05, 0) is 39.0 Å². The number of carbonyl (C=O) groups excluding carboxylic acids is 2. The van der Waals surface area contributed by atoms with Crippen molar-refractivity contribution in [2.75, 3.05) is 12.4 Å². The summed E-state index contributed by atoms with van der Waals surface area (Å²) in [5.41, 5.74) is -0.776. The summed E-state index contributed by atoms with van der Waals surface area (Å²) in [6.07, 6.45) is -2.50. The molecule has 0 aliphatic carbocycles. The zero-order valence-corrected chi connectivity index (χ0v) is 12.3. The van der Waals surface area contributed by atoms with E-state index in [1.54, 1.807) is 20.8 Å². The molecule has 0 spiro atoms. The Bertz CT molecular complexity index is 539. The predicted molar refractivity (Wildman–Crippen MR) is 73.2 cm³/mol. The Kier molecular flexibility index (Phi) is 5.26. The second-order valence-electron chi connectivity index (χ2n) is 5.28. The molecular formula is C14H18FNO5.